The Balaban J connectivity index is 1.63. The molecule has 3 nitrogen and oxygen atoms in total. The van der Waals surface area contributed by atoms with Gasteiger partial charge in [-0.05, 0) is 46.3 Å². The smallest absolute Gasteiger partial charge is 0.146 e. The molecule has 4 aromatic carbocycles. The average Bonchev–Trinajstić information content (AvgIpc) is 3.34. The summed E-state index contributed by atoms with van der Waals surface area (Å²) in [4.78, 5) is 9.52. The van der Waals surface area contributed by atoms with Crippen LogP contribution in [0.2, 0.25) is 0 Å². The van der Waals surface area contributed by atoms with Gasteiger partial charge < -0.3 is 0 Å². The van der Waals surface area contributed by atoms with E-state index in [2.05, 4.69) is 100 Å². The Labute approximate surface area is 207 Å². The molecule has 1 unspecified atom stereocenters. The van der Waals surface area contributed by atoms with Gasteiger partial charge in [0.1, 0.15) is 5.65 Å². The lowest BCUT2D eigenvalue weighted by atomic mass is 10.1. The molecule has 7 rings (SSSR count). The molecule has 3 heterocycles. The molecule has 0 N–H and O–H groups in total. The van der Waals surface area contributed by atoms with Crippen LogP contribution in [-0.4, -0.2) is 14.4 Å². The van der Waals surface area contributed by atoms with Crippen molar-refractivity contribution in [3.8, 4) is 0 Å². The lowest BCUT2D eigenvalue weighted by Gasteiger charge is -2.24. The summed E-state index contributed by atoms with van der Waals surface area (Å²) >= 11 is 6.59. The highest BCUT2D eigenvalue weighted by molar-refractivity contribution is 8.25. The number of rotatable bonds is 3. The van der Waals surface area contributed by atoms with Crippen molar-refractivity contribution in [2.75, 3.05) is 0 Å². The monoisotopic (exact) mass is 485 g/mol. The fraction of sp³-hybridized carbons (Fsp3) is 0. The highest BCUT2D eigenvalue weighted by Gasteiger charge is 2.26. The Bertz CT molecular complexity index is 1880. The number of para-hydroxylation sites is 3. The van der Waals surface area contributed by atoms with Crippen LogP contribution >= 0.6 is 6.04 Å². The summed E-state index contributed by atoms with van der Waals surface area (Å²) in [6.45, 7) is 0. The van der Waals surface area contributed by atoms with E-state index in [0.29, 0.717) is 0 Å². The first kappa shape index (κ1) is 20.5. The van der Waals surface area contributed by atoms with Crippen molar-refractivity contribution >= 4 is 72.1 Å². The predicted molar refractivity (Wildman–Crippen MR) is 152 cm³/mol. The molecule has 7 aromatic rings. The molecule has 0 bridgehead atoms. The number of fused-ring (bicyclic) bond motifs is 8. The molecular weight excluding hydrogens is 465 g/mol. The number of pyridine rings is 2. The Morgan fingerprint density at radius 3 is 2.17 bits per heavy atom. The Kier molecular flexibility index (Phi) is 4.60. The first-order valence-electron chi connectivity index (χ1n) is 11.5. The lowest BCUT2D eigenvalue weighted by molar-refractivity contribution is 1.32. The van der Waals surface area contributed by atoms with Gasteiger partial charge in [0, 0.05) is 34.5 Å². The van der Waals surface area contributed by atoms with Crippen molar-refractivity contribution in [2.45, 2.75) is 0 Å². The van der Waals surface area contributed by atoms with E-state index in [0.717, 1.165) is 43.5 Å². The maximum absolute atomic E-state index is 6.59. The molecule has 35 heavy (non-hydrogen) atoms. The van der Waals surface area contributed by atoms with E-state index in [9.17, 15) is 0 Å². The van der Waals surface area contributed by atoms with Gasteiger partial charge in [0.2, 0.25) is 0 Å². The molecule has 0 aliphatic heterocycles. The highest BCUT2D eigenvalue weighted by atomic mass is 32.4. The van der Waals surface area contributed by atoms with Gasteiger partial charge in [-0.2, -0.15) is 0 Å². The summed E-state index contributed by atoms with van der Waals surface area (Å²) in [7, 11) is 0. The molecule has 5 heteroatoms. The summed E-state index contributed by atoms with van der Waals surface area (Å²) in [6, 6.07) is 35.9. The number of nitrogens with zero attached hydrogens (tertiary/aromatic N) is 3. The van der Waals surface area contributed by atoms with E-state index in [1.54, 1.807) is 6.20 Å². The third-order valence-electron chi connectivity index (χ3n) is 6.73. The molecule has 1 atom stereocenters. The van der Waals surface area contributed by atoms with E-state index in [1.165, 1.54) is 10.8 Å². The van der Waals surface area contributed by atoms with Gasteiger partial charge in [-0.15, -0.1) is 0 Å². The zero-order chi connectivity index (χ0) is 23.4. The SMILES string of the molecule is S=P(c1ccccc1)(c1cccnc1)c1ccc2c3ccccc3n3c4ccccc4nc3c2c1. The van der Waals surface area contributed by atoms with Crippen LogP contribution < -0.4 is 15.9 Å². The molecular formula is C30H20N3PS. The van der Waals surface area contributed by atoms with Crippen LogP contribution in [0.4, 0.5) is 0 Å². The van der Waals surface area contributed by atoms with Crippen LogP contribution in [0.1, 0.15) is 0 Å². The second-order valence-corrected chi connectivity index (χ2v) is 13.1. The molecule has 0 saturated heterocycles. The highest BCUT2D eigenvalue weighted by Crippen LogP contribution is 2.44. The largest absolute Gasteiger partial charge is 0.292 e. The maximum Gasteiger partial charge on any atom is 0.146 e. The first-order chi connectivity index (χ1) is 17.2. The van der Waals surface area contributed by atoms with Crippen molar-refractivity contribution in [1.29, 1.82) is 0 Å². The maximum atomic E-state index is 6.59. The molecule has 166 valence electrons. The molecule has 0 spiro atoms. The standard InChI is InChI=1S/C30H20N3PS/c35-34(21-9-2-1-3-10-21,23-11-8-18-31-20-23)22-16-17-24-25-12-4-6-14-28(25)33-29-15-7-5-13-27(29)32-30(33)26(24)19-22/h1-20H. The van der Waals surface area contributed by atoms with E-state index in [4.69, 9.17) is 16.8 Å². The quantitative estimate of drug-likeness (QED) is 0.229. The van der Waals surface area contributed by atoms with Crippen LogP contribution in [0.15, 0.2) is 122 Å². The third-order valence-corrected chi connectivity index (χ3v) is 11.7. The second kappa shape index (κ2) is 7.84. The summed E-state index contributed by atoms with van der Waals surface area (Å²) in [5.41, 5.74) is 4.22. The molecule has 0 fully saturated rings. The fourth-order valence-corrected chi connectivity index (χ4v) is 8.76. The van der Waals surface area contributed by atoms with Gasteiger partial charge >= 0.3 is 0 Å². The second-order valence-electron chi connectivity index (χ2n) is 8.66. The van der Waals surface area contributed by atoms with E-state index in [-0.39, 0.29) is 0 Å². The van der Waals surface area contributed by atoms with Crippen LogP contribution in [0.5, 0.6) is 0 Å². The fourth-order valence-electron chi connectivity index (χ4n) is 5.12. The predicted octanol–water partition coefficient (Wildman–Crippen LogP) is 5.94. The number of aromatic nitrogens is 3. The third kappa shape index (κ3) is 3.01. The molecule has 0 aliphatic carbocycles. The van der Waals surface area contributed by atoms with Crippen LogP contribution in [0, 0.1) is 0 Å². The van der Waals surface area contributed by atoms with Gasteiger partial charge in [-0.25, -0.2) is 4.98 Å². The Hall–Kier alpha value is -3.85. The van der Waals surface area contributed by atoms with Crippen LogP contribution in [0.3, 0.4) is 0 Å². The average molecular weight is 486 g/mol. The number of hydrogen-bond acceptors (Lipinski definition) is 3. The van der Waals surface area contributed by atoms with E-state index >= 15 is 0 Å². The summed E-state index contributed by atoms with van der Waals surface area (Å²) in [6.07, 6.45) is 3.73. The van der Waals surface area contributed by atoms with Crippen molar-refractivity contribution in [1.82, 2.24) is 14.4 Å². The number of hydrogen-bond donors (Lipinski definition) is 0. The molecule has 0 radical (unpaired) electrons. The van der Waals surface area contributed by atoms with Crippen molar-refractivity contribution in [3.63, 3.8) is 0 Å². The molecule has 3 aromatic heterocycles. The number of benzene rings is 4. The van der Waals surface area contributed by atoms with Crippen LogP contribution in [0.25, 0.3) is 38.4 Å². The van der Waals surface area contributed by atoms with Gasteiger partial charge in [-0.1, -0.05) is 90.7 Å². The van der Waals surface area contributed by atoms with Gasteiger partial charge in [-0.3, -0.25) is 9.38 Å². The van der Waals surface area contributed by atoms with Crippen molar-refractivity contribution in [3.05, 3.63) is 122 Å². The lowest BCUT2D eigenvalue weighted by Crippen LogP contribution is -2.25. The Morgan fingerprint density at radius 2 is 1.34 bits per heavy atom. The van der Waals surface area contributed by atoms with E-state index in [1.807, 2.05) is 24.4 Å². The molecule has 0 saturated carbocycles. The minimum absolute atomic E-state index is 0.961. The zero-order valence-electron chi connectivity index (χ0n) is 18.7. The zero-order valence-corrected chi connectivity index (χ0v) is 20.5. The number of imidazole rings is 1. The van der Waals surface area contributed by atoms with Gasteiger partial charge in [0.15, 0.2) is 0 Å². The topological polar surface area (TPSA) is 30.2 Å². The Morgan fingerprint density at radius 1 is 0.600 bits per heavy atom. The molecule has 0 amide bonds. The first-order valence-corrected chi connectivity index (χ1v) is 14.3. The van der Waals surface area contributed by atoms with Gasteiger partial charge in [0.05, 0.1) is 16.6 Å². The van der Waals surface area contributed by atoms with Crippen LogP contribution in [-0.2, 0) is 11.8 Å². The summed E-state index contributed by atoms with van der Waals surface area (Å²) in [5, 5.41) is 6.90. The normalized spacial score (nSPS) is 13.5. The van der Waals surface area contributed by atoms with E-state index < -0.39 is 6.04 Å². The van der Waals surface area contributed by atoms with Gasteiger partial charge in [0.25, 0.3) is 0 Å². The summed E-state index contributed by atoms with van der Waals surface area (Å²) < 4.78 is 2.28. The minimum atomic E-state index is -2.32. The molecule has 0 aliphatic rings. The summed E-state index contributed by atoms with van der Waals surface area (Å²) in [5.74, 6) is 0. The van der Waals surface area contributed by atoms with Crippen molar-refractivity contribution in [2.24, 2.45) is 0 Å². The van der Waals surface area contributed by atoms with Crippen molar-refractivity contribution < 1.29 is 0 Å². The minimum Gasteiger partial charge on any atom is -0.292 e.